The molecule has 0 aromatic heterocycles. The molecule has 1 fully saturated rings. The second kappa shape index (κ2) is 8.75. The van der Waals surface area contributed by atoms with Crippen molar-refractivity contribution in [1.82, 2.24) is 10.2 Å². The number of nitrogens with two attached hydrogens (primary N) is 1. The third-order valence-electron chi connectivity index (χ3n) is 3.93. The highest BCUT2D eigenvalue weighted by molar-refractivity contribution is 7.66. The Morgan fingerprint density at radius 1 is 1.32 bits per heavy atom. The van der Waals surface area contributed by atoms with Gasteiger partial charge < -0.3 is 45.4 Å². The molecule has 0 aromatic rings. The predicted octanol–water partition coefficient (Wildman–Crippen LogP) is -0.115. The zero-order chi connectivity index (χ0) is 24.0. The summed E-state index contributed by atoms with van der Waals surface area (Å²) in [6.07, 6.45) is -1.47. The highest BCUT2D eigenvalue weighted by atomic mass is 35.5. The predicted molar refractivity (Wildman–Crippen MR) is 100 cm³/mol. The summed E-state index contributed by atoms with van der Waals surface area (Å²) in [4.78, 5) is 34.9. The van der Waals surface area contributed by atoms with Crippen molar-refractivity contribution in [2.45, 2.75) is 36.2 Å². The van der Waals surface area contributed by atoms with Gasteiger partial charge >= 0.3 is 23.5 Å². The monoisotopic (exact) mass is 533 g/mol. The van der Waals surface area contributed by atoms with E-state index in [1.165, 1.54) is 24.1 Å². The van der Waals surface area contributed by atoms with Crippen molar-refractivity contribution in [2.75, 3.05) is 6.61 Å². The molecule has 1 saturated heterocycles. The molecule has 2 aliphatic heterocycles. The number of hydrogen-bond acceptors (Lipinski definition) is 11. The number of ether oxygens (including phenoxy) is 1. The van der Waals surface area contributed by atoms with Gasteiger partial charge in [0.25, 0.3) is 5.85 Å². The standard InChI is InChI=1S/C11H20ClFN3O12P3/c1-6-15-7(14)3-4-16(6)9-10(2,12)8(17)11(13,26-9)5-25-30(21,22)28-31(23,24)27-29(18,19)20/h3-4,7-9,15,17H,1,5,14H2,2H3,(H,21,22)(H,23,24)(H2,18,19,20)/t7?,8-,9+,10+,11+/m0/s1. The summed E-state index contributed by atoms with van der Waals surface area (Å²) in [5.41, 5.74) is 5.64. The van der Waals surface area contributed by atoms with Crippen LogP contribution in [-0.4, -0.2) is 65.4 Å². The number of phosphoric acid groups is 3. The van der Waals surface area contributed by atoms with Crippen LogP contribution in [0.5, 0.6) is 0 Å². The summed E-state index contributed by atoms with van der Waals surface area (Å²) in [6, 6.07) is 0. The SMILES string of the molecule is C=C1NC(N)C=CN1[C@@H]1O[C@](F)(COP(=O)(O)OP(=O)(O)OP(=O)(O)O)[C@@H](O)[C@@]1(C)Cl. The van der Waals surface area contributed by atoms with E-state index >= 15 is 4.39 Å². The van der Waals surface area contributed by atoms with Gasteiger partial charge in [0.15, 0.2) is 6.23 Å². The van der Waals surface area contributed by atoms with Gasteiger partial charge in [-0.25, -0.2) is 18.1 Å². The van der Waals surface area contributed by atoms with Gasteiger partial charge in [-0.05, 0) is 13.0 Å². The van der Waals surface area contributed by atoms with Crippen LogP contribution < -0.4 is 11.1 Å². The quantitative estimate of drug-likeness (QED) is 0.159. The maximum Gasteiger partial charge on any atom is 0.490 e. The zero-order valence-electron chi connectivity index (χ0n) is 15.5. The molecule has 7 atom stereocenters. The van der Waals surface area contributed by atoms with Crippen molar-refractivity contribution < 1.29 is 60.6 Å². The molecule has 0 spiro atoms. The van der Waals surface area contributed by atoms with E-state index in [1.807, 2.05) is 0 Å². The van der Waals surface area contributed by atoms with E-state index in [2.05, 4.69) is 25.0 Å². The average molecular weight is 534 g/mol. The van der Waals surface area contributed by atoms with Crippen LogP contribution in [0, 0.1) is 0 Å². The Kier molecular flexibility index (Phi) is 7.57. The van der Waals surface area contributed by atoms with Crippen LogP contribution in [0.4, 0.5) is 4.39 Å². The molecule has 0 radical (unpaired) electrons. The topological polar surface area (TPSA) is 231 Å². The molecule has 2 rings (SSSR count). The molecule has 20 heteroatoms. The lowest BCUT2D eigenvalue weighted by molar-refractivity contribution is -0.207. The molecule has 0 aliphatic carbocycles. The third kappa shape index (κ3) is 6.56. The molecule has 0 saturated carbocycles. The maximum atomic E-state index is 15.3. The van der Waals surface area contributed by atoms with Crippen molar-refractivity contribution in [1.29, 1.82) is 0 Å². The van der Waals surface area contributed by atoms with Crippen molar-refractivity contribution in [2.24, 2.45) is 5.73 Å². The first-order chi connectivity index (χ1) is 13.8. The number of nitrogens with one attached hydrogen (secondary N) is 1. The molecule has 0 amide bonds. The Morgan fingerprint density at radius 2 is 1.90 bits per heavy atom. The Balaban J connectivity index is 2.15. The normalized spacial score (nSPS) is 37.9. The lowest BCUT2D eigenvalue weighted by atomic mass is 9.99. The third-order valence-corrected chi connectivity index (χ3v) is 8.10. The van der Waals surface area contributed by atoms with E-state index in [9.17, 15) is 23.7 Å². The number of alkyl halides is 2. The molecule has 0 aromatic carbocycles. The van der Waals surface area contributed by atoms with Crippen LogP contribution >= 0.6 is 35.1 Å². The van der Waals surface area contributed by atoms with E-state index < -0.39 is 59.3 Å². The number of hydrogen-bond donors (Lipinski definition) is 7. The number of phosphoric ester groups is 1. The van der Waals surface area contributed by atoms with Crippen molar-refractivity contribution >= 4 is 35.1 Å². The van der Waals surface area contributed by atoms with E-state index in [0.29, 0.717) is 0 Å². The first kappa shape index (κ1) is 26.8. The molecule has 2 aliphatic rings. The first-order valence-electron chi connectivity index (χ1n) is 7.98. The first-order valence-corrected chi connectivity index (χ1v) is 12.9. The minimum absolute atomic E-state index is 0.121. The minimum Gasteiger partial charge on any atom is -0.385 e. The Hall–Kier alpha value is -0.410. The smallest absolute Gasteiger partial charge is 0.385 e. The van der Waals surface area contributed by atoms with Gasteiger partial charge in [0.1, 0.15) is 23.4 Å². The van der Waals surface area contributed by atoms with Gasteiger partial charge in [-0.1, -0.05) is 6.58 Å². The molecular formula is C11H20ClFN3O12P3. The molecule has 3 unspecified atom stereocenters. The maximum absolute atomic E-state index is 15.3. The lowest BCUT2D eigenvalue weighted by Crippen LogP contribution is -2.53. The van der Waals surface area contributed by atoms with Crippen molar-refractivity contribution in [3.8, 4) is 0 Å². The van der Waals surface area contributed by atoms with Gasteiger partial charge in [0.05, 0.1) is 6.17 Å². The summed E-state index contributed by atoms with van der Waals surface area (Å²) in [5.74, 6) is -3.13. The highest BCUT2D eigenvalue weighted by Crippen LogP contribution is 2.66. The fraction of sp³-hybridized carbons (Fsp3) is 0.636. The van der Waals surface area contributed by atoms with E-state index in [-0.39, 0.29) is 5.82 Å². The number of halogens is 2. The van der Waals surface area contributed by atoms with Gasteiger partial charge in [-0.15, -0.1) is 11.6 Å². The largest absolute Gasteiger partial charge is 0.490 e. The summed E-state index contributed by atoms with van der Waals surface area (Å²) < 4.78 is 65.4. The number of aliphatic hydroxyl groups excluding tert-OH is 1. The fourth-order valence-electron chi connectivity index (χ4n) is 2.65. The molecule has 31 heavy (non-hydrogen) atoms. The van der Waals surface area contributed by atoms with Crippen molar-refractivity contribution in [3.05, 3.63) is 24.7 Å². The number of nitrogens with zero attached hydrogens (tertiary/aromatic N) is 1. The molecule has 0 bridgehead atoms. The lowest BCUT2D eigenvalue weighted by Gasteiger charge is -2.38. The Morgan fingerprint density at radius 3 is 2.42 bits per heavy atom. The summed E-state index contributed by atoms with van der Waals surface area (Å²) in [5, 5.41) is 13.0. The molecule has 180 valence electrons. The summed E-state index contributed by atoms with van der Waals surface area (Å²) in [7, 11) is -17.1. The van der Waals surface area contributed by atoms with E-state index in [0.717, 1.165) is 0 Å². The van der Waals surface area contributed by atoms with Crippen LogP contribution in [0.3, 0.4) is 0 Å². The van der Waals surface area contributed by atoms with Crippen LogP contribution in [0.1, 0.15) is 6.92 Å². The van der Waals surface area contributed by atoms with Gasteiger partial charge in [0.2, 0.25) is 0 Å². The van der Waals surface area contributed by atoms with Crippen molar-refractivity contribution in [3.63, 3.8) is 0 Å². The van der Waals surface area contributed by atoms with E-state index in [1.54, 1.807) is 0 Å². The second-order valence-corrected chi connectivity index (χ2v) is 11.8. The Bertz CT molecular complexity index is 900. The highest BCUT2D eigenvalue weighted by Gasteiger charge is 2.64. The van der Waals surface area contributed by atoms with Crippen LogP contribution in [0.15, 0.2) is 24.7 Å². The zero-order valence-corrected chi connectivity index (χ0v) is 19.0. The number of aliphatic hydroxyl groups is 1. The molecular weight excluding hydrogens is 514 g/mol. The molecule has 2 heterocycles. The van der Waals surface area contributed by atoms with Crippen LogP contribution in [-0.2, 0) is 31.6 Å². The average Bonchev–Trinajstić information content (AvgIpc) is 2.71. The molecule has 8 N–H and O–H groups in total. The summed E-state index contributed by atoms with van der Waals surface area (Å²) in [6.45, 7) is 3.28. The number of rotatable bonds is 8. The van der Waals surface area contributed by atoms with Crippen LogP contribution in [0.25, 0.3) is 0 Å². The van der Waals surface area contributed by atoms with Gasteiger partial charge in [0, 0.05) is 6.20 Å². The van der Waals surface area contributed by atoms with Gasteiger partial charge in [-0.3, -0.25) is 4.52 Å². The second-order valence-electron chi connectivity index (χ2n) is 6.54. The molecule has 15 nitrogen and oxygen atoms in total. The van der Waals surface area contributed by atoms with Crippen LogP contribution in [0.2, 0.25) is 0 Å². The van der Waals surface area contributed by atoms with Gasteiger partial charge in [-0.2, -0.15) is 8.62 Å². The minimum atomic E-state index is -5.81. The fourth-order valence-corrected chi connectivity index (χ4v) is 5.99. The Labute approximate surface area is 179 Å². The van der Waals surface area contributed by atoms with E-state index in [4.69, 9.17) is 36.8 Å². The summed E-state index contributed by atoms with van der Waals surface area (Å²) >= 11 is 6.23.